The molecule has 0 aromatic heterocycles. The molecule has 28 heavy (non-hydrogen) atoms. The zero-order valence-electron chi connectivity index (χ0n) is 15.2. The van der Waals surface area contributed by atoms with Crippen molar-refractivity contribution in [2.24, 2.45) is 0 Å². The first-order valence-electron chi connectivity index (χ1n) is 8.25. The van der Waals surface area contributed by atoms with Gasteiger partial charge in [0.1, 0.15) is 23.1 Å². The van der Waals surface area contributed by atoms with Gasteiger partial charge in [-0.05, 0) is 29.8 Å². The minimum absolute atomic E-state index is 0.0896. The van der Waals surface area contributed by atoms with Crippen molar-refractivity contribution in [3.8, 4) is 29.1 Å². The third-order valence-electron chi connectivity index (χ3n) is 4.09. The van der Waals surface area contributed by atoms with Crippen molar-refractivity contribution in [1.29, 1.82) is 5.26 Å². The van der Waals surface area contributed by atoms with Crippen LogP contribution in [-0.4, -0.2) is 26.9 Å². The van der Waals surface area contributed by atoms with E-state index in [1.807, 2.05) is 6.07 Å². The number of amides is 1. The van der Waals surface area contributed by atoms with E-state index in [2.05, 4.69) is 5.32 Å². The normalized spacial score (nSPS) is 12.3. The second-order valence-electron chi connectivity index (χ2n) is 5.76. The Morgan fingerprint density at radius 1 is 1.25 bits per heavy atom. The van der Waals surface area contributed by atoms with Gasteiger partial charge in [-0.25, -0.2) is 0 Å². The third kappa shape index (κ3) is 4.13. The quantitative estimate of drug-likeness (QED) is 0.591. The molecule has 2 aromatic rings. The first kappa shape index (κ1) is 19.4. The monoisotopic (exact) mass is 400 g/mol. The Morgan fingerprint density at radius 3 is 2.68 bits per heavy atom. The Balaban J connectivity index is 1.76. The van der Waals surface area contributed by atoms with E-state index in [9.17, 15) is 10.1 Å². The minimum atomic E-state index is -0.533. The summed E-state index contributed by atoms with van der Waals surface area (Å²) in [7, 11) is 3.09. The van der Waals surface area contributed by atoms with Crippen LogP contribution < -0.4 is 24.3 Å². The predicted octanol–water partition coefficient (Wildman–Crippen LogP) is 3.31. The SMILES string of the molecule is COc1ccc(CNC(=O)/C(C#N)=C/c2cc3c(cc2Cl)OCO3)c(OC)c1. The fourth-order valence-electron chi connectivity index (χ4n) is 2.62. The highest BCUT2D eigenvalue weighted by Crippen LogP contribution is 2.37. The number of carbonyl (C=O) groups is 1. The lowest BCUT2D eigenvalue weighted by molar-refractivity contribution is -0.117. The maximum absolute atomic E-state index is 12.5. The zero-order chi connectivity index (χ0) is 20.1. The highest BCUT2D eigenvalue weighted by molar-refractivity contribution is 6.32. The van der Waals surface area contributed by atoms with E-state index in [1.165, 1.54) is 13.2 Å². The van der Waals surface area contributed by atoms with Crippen molar-refractivity contribution >= 4 is 23.6 Å². The van der Waals surface area contributed by atoms with Gasteiger partial charge in [-0.15, -0.1) is 0 Å². The molecule has 2 aromatic carbocycles. The number of benzene rings is 2. The van der Waals surface area contributed by atoms with Gasteiger partial charge in [0.15, 0.2) is 11.5 Å². The molecule has 1 aliphatic heterocycles. The van der Waals surface area contributed by atoms with E-state index in [0.717, 1.165) is 5.56 Å². The Hall–Kier alpha value is -3.37. The van der Waals surface area contributed by atoms with Gasteiger partial charge < -0.3 is 24.3 Å². The predicted molar refractivity (Wildman–Crippen MR) is 103 cm³/mol. The van der Waals surface area contributed by atoms with Crippen LogP contribution in [0.25, 0.3) is 6.08 Å². The molecule has 7 nitrogen and oxygen atoms in total. The second kappa shape index (κ2) is 8.55. The van der Waals surface area contributed by atoms with Crippen molar-refractivity contribution in [1.82, 2.24) is 5.32 Å². The maximum atomic E-state index is 12.5. The van der Waals surface area contributed by atoms with Gasteiger partial charge in [0, 0.05) is 24.2 Å². The number of nitrogens with one attached hydrogen (secondary N) is 1. The third-order valence-corrected chi connectivity index (χ3v) is 4.42. The number of methoxy groups -OCH3 is 2. The second-order valence-corrected chi connectivity index (χ2v) is 6.16. The van der Waals surface area contributed by atoms with Crippen LogP contribution in [0.2, 0.25) is 5.02 Å². The van der Waals surface area contributed by atoms with E-state index in [0.29, 0.717) is 33.6 Å². The highest BCUT2D eigenvalue weighted by atomic mass is 35.5. The topological polar surface area (TPSA) is 89.8 Å². The number of hydrogen-bond donors (Lipinski definition) is 1. The number of ether oxygens (including phenoxy) is 4. The molecule has 1 amide bonds. The largest absolute Gasteiger partial charge is 0.497 e. The molecule has 0 unspecified atom stereocenters. The molecule has 3 rings (SSSR count). The van der Waals surface area contributed by atoms with Gasteiger partial charge in [0.25, 0.3) is 5.91 Å². The summed E-state index contributed by atoms with van der Waals surface area (Å²) in [6, 6.07) is 10.4. The molecular weight excluding hydrogens is 384 g/mol. The molecule has 0 atom stereocenters. The molecule has 0 spiro atoms. The van der Waals surface area contributed by atoms with Crippen molar-refractivity contribution in [2.75, 3.05) is 21.0 Å². The summed E-state index contributed by atoms with van der Waals surface area (Å²) in [4.78, 5) is 12.5. The number of halogens is 1. The van der Waals surface area contributed by atoms with Crippen molar-refractivity contribution in [2.45, 2.75) is 6.54 Å². The summed E-state index contributed by atoms with van der Waals surface area (Å²) in [5, 5.41) is 12.4. The van der Waals surface area contributed by atoms with Gasteiger partial charge in [0.05, 0.1) is 19.2 Å². The number of carbonyl (C=O) groups excluding carboxylic acids is 1. The van der Waals surface area contributed by atoms with Crippen LogP contribution in [0.1, 0.15) is 11.1 Å². The van der Waals surface area contributed by atoms with E-state index >= 15 is 0 Å². The molecule has 0 saturated heterocycles. The molecule has 8 heteroatoms. The van der Waals surface area contributed by atoms with E-state index < -0.39 is 5.91 Å². The number of hydrogen-bond acceptors (Lipinski definition) is 6. The van der Waals surface area contributed by atoms with Crippen LogP contribution in [0.3, 0.4) is 0 Å². The highest BCUT2D eigenvalue weighted by Gasteiger charge is 2.17. The lowest BCUT2D eigenvalue weighted by atomic mass is 10.1. The van der Waals surface area contributed by atoms with Gasteiger partial charge in [-0.3, -0.25) is 4.79 Å². The summed E-state index contributed by atoms with van der Waals surface area (Å²) < 4.78 is 21.0. The van der Waals surface area contributed by atoms with Crippen molar-refractivity contribution < 1.29 is 23.7 Å². The first-order chi connectivity index (χ1) is 13.5. The Kier molecular flexibility index (Phi) is 5.92. The number of nitrogens with zero attached hydrogens (tertiary/aromatic N) is 1. The summed E-state index contributed by atoms with van der Waals surface area (Å²) >= 11 is 6.21. The van der Waals surface area contributed by atoms with Crippen LogP contribution in [0, 0.1) is 11.3 Å². The maximum Gasteiger partial charge on any atom is 0.262 e. The standard InChI is InChI=1S/C20H17ClN2O5/c1-25-15-4-3-12(17(7-15)26-2)10-23-20(24)14(9-22)5-13-6-18-19(8-16(13)21)28-11-27-18/h3-8H,10-11H2,1-2H3,(H,23,24)/b14-5+. The molecule has 1 heterocycles. The zero-order valence-corrected chi connectivity index (χ0v) is 16.0. The summed E-state index contributed by atoms with van der Waals surface area (Å²) in [6.45, 7) is 0.286. The molecule has 0 fully saturated rings. The average molecular weight is 401 g/mol. The van der Waals surface area contributed by atoms with Gasteiger partial charge >= 0.3 is 0 Å². The summed E-state index contributed by atoms with van der Waals surface area (Å²) in [6.07, 6.45) is 1.41. The summed E-state index contributed by atoms with van der Waals surface area (Å²) in [5.74, 6) is 1.71. The molecule has 0 bridgehead atoms. The van der Waals surface area contributed by atoms with Gasteiger partial charge in [-0.2, -0.15) is 5.26 Å². The lowest BCUT2D eigenvalue weighted by Crippen LogP contribution is -2.24. The minimum Gasteiger partial charge on any atom is -0.497 e. The molecule has 1 N–H and O–H groups in total. The fourth-order valence-corrected chi connectivity index (χ4v) is 2.82. The summed E-state index contributed by atoms with van der Waals surface area (Å²) in [5.41, 5.74) is 1.14. The van der Waals surface area contributed by atoms with Crippen molar-refractivity contribution in [3.63, 3.8) is 0 Å². The molecule has 0 radical (unpaired) electrons. The smallest absolute Gasteiger partial charge is 0.262 e. The van der Waals surface area contributed by atoms with E-state index in [-0.39, 0.29) is 18.9 Å². The Bertz CT molecular complexity index is 981. The van der Waals surface area contributed by atoms with Crippen LogP contribution in [0.4, 0.5) is 0 Å². The van der Waals surface area contributed by atoms with Crippen molar-refractivity contribution in [3.05, 3.63) is 52.1 Å². The van der Waals surface area contributed by atoms with Crippen LogP contribution in [-0.2, 0) is 11.3 Å². The number of nitriles is 1. The molecule has 1 aliphatic rings. The Morgan fingerprint density at radius 2 is 2.00 bits per heavy atom. The average Bonchev–Trinajstić information content (AvgIpc) is 3.16. The van der Waals surface area contributed by atoms with E-state index in [1.54, 1.807) is 37.4 Å². The van der Waals surface area contributed by atoms with Crippen LogP contribution >= 0.6 is 11.6 Å². The van der Waals surface area contributed by atoms with Crippen LogP contribution in [0.5, 0.6) is 23.0 Å². The molecule has 0 saturated carbocycles. The van der Waals surface area contributed by atoms with Gasteiger partial charge in [0.2, 0.25) is 6.79 Å². The van der Waals surface area contributed by atoms with Gasteiger partial charge in [-0.1, -0.05) is 11.6 Å². The molecular formula is C20H17ClN2O5. The Labute approximate surface area is 167 Å². The fraction of sp³-hybridized carbons (Fsp3) is 0.200. The first-order valence-corrected chi connectivity index (χ1v) is 8.63. The van der Waals surface area contributed by atoms with Crippen LogP contribution in [0.15, 0.2) is 35.9 Å². The lowest BCUT2D eigenvalue weighted by Gasteiger charge is -2.11. The van der Waals surface area contributed by atoms with E-state index in [4.69, 9.17) is 30.5 Å². The molecule has 144 valence electrons. The number of fused-ring (bicyclic) bond motifs is 1. The number of rotatable bonds is 6. The molecule has 0 aliphatic carbocycles.